The zero-order valence-corrected chi connectivity index (χ0v) is 16.0. The molecule has 0 radical (unpaired) electrons. The number of fused-ring (bicyclic) bond motifs is 1. The second-order valence-electron chi connectivity index (χ2n) is 6.18. The molecule has 3 aromatic rings. The smallest absolute Gasteiger partial charge is 0.187 e. The Kier molecular flexibility index (Phi) is 4.83. The van der Waals surface area contributed by atoms with Crippen molar-refractivity contribution >= 4 is 23.1 Å². The topological polar surface area (TPSA) is 41.9 Å². The van der Waals surface area contributed by atoms with Crippen molar-refractivity contribution in [1.29, 1.82) is 0 Å². The molecule has 1 aliphatic heterocycles. The Morgan fingerprint density at radius 3 is 2.84 bits per heavy atom. The number of nitrogens with zero attached hydrogens (tertiary/aromatic N) is 4. The van der Waals surface area contributed by atoms with Gasteiger partial charge in [0.1, 0.15) is 5.01 Å². The van der Waals surface area contributed by atoms with Gasteiger partial charge in [0.2, 0.25) is 0 Å². The highest BCUT2D eigenvalue weighted by atomic mass is 32.2. The summed E-state index contributed by atoms with van der Waals surface area (Å²) >= 11 is 3.41. The first-order valence-corrected chi connectivity index (χ1v) is 10.4. The van der Waals surface area contributed by atoms with Gasteiger partial charge in [-0.15, -0.1) is 11.3 Å². The van der Waals surface area contributed by atoms with Gasteiger partial charge in [-0.1, -0.05) is 42.1 Å². The quantitative estimate of drug-likeness (QED) is 0.510. The van der Waals surface area contributed by atoms with Crippen LogP contribution in [0.5, 0.6) is 0 Å². The Bertz CT molecular complexity index is 876. The second kappa shape index (κ2) is 7.23. The van der Waals surface area contributed by atoms with Crippen LogP contribution < -0.4 is 0 Å². The van der Waals surface area contributed by atoms with E-state index in [2.05, 4.69) is 46.1 Å². The summed E-state index contributed by atoms with van der Waals surface area (Å²) in [6, 6.07) is 10.4. The van der Waals surface area contributed by atoms with Crippen LogP contribution in [0.15, 0.2) is 41.7 Å². The van der Waals surface area contributed by atoms with Crippen LogP contribution in [-0.4, -0.2) is 32.7 Å². The average Bonchev–Trinajstić information content (AvgIpc) is 3.02. The Hall–Kier alpha value is -1.76. The lowest BCUT2D eigenvalue weighted by Gasteiger charge is -2.27. The van der Waals surface area contributed by atoms with Gasteiger partial charge in [-0.05, 0) is 13.2 Å². The molecule has 0 unspecified atom stereocenters. The molecule has 0 aliphatic carbocycles. The number of benzene rings is 1. The first-order valence-electron chi connectivity index (χ1n) is 8.36. The minimum atomic E-state index is 0.873. The van der Waals surface area contributed by atoms with E-state index in [1.165, 1.54) is 21.7 Å². The second-order valence-corrected chi connectivity index (χ2v) is 8.04. The van der Waals surface area contributed by atoms with Gasteiger partial charge in [0.05, 0.1) is 11.4 Å². The third kappa shape index (κ3) is 3.61. The van der Waals surface area contributed by atoms with Crippen LogP contribution in [0.2, 0.25) is 0 Å². The standard InChI is InChI=1S/C19H20N4S2/c1-13-17(25-18(21-13)14-6-4-3-5-7-14)12-23-9-8-16-15(11-23)10-20-19(22-16)24-2/h3-7,10H,8-9,11-12H2,1-2H3. The van der Waals surface area contributed by atoms with Gasteiger partial charge in [0.25, 0.3) is 0 Å². The van der Waals surface area contributed by atoms with Crippen LogP contribution in [0.1, 0.15) is 21.8 Å². The maximum absolute atomic E-state index is 4.78. The van der Waals surface area contributed by atoms with Crippen molar-refractivity contribution < 1.29 is 0 Å². The molecule has 0 amide bonds. The highest BCUT2D eigenvalue weighted by Crippen LogP contribution is 2.30. The number of hydrogen-bond acceptors (Lipinski definition) is 6. The van der Waals surface area contributed by atoms with E-state index in [1.54, 1.807) is 23.1 Å². The zero-order valence-electron chi connectivity index (χ0n) is 14.4. The fourth-order valence-electron chi connectivity index (χ4n) is 3.07. The number of thiazole rings is 1. The fourth-order valence-corrected chi connectivity index (χ4v) is 4.54. The number of thioether (sulfide) groups is 1. The molecule has 0 saturated heterocycles. The third-order valence-corrected chi connectivity index (χ3v) is 6.21. The first-order chi connectivity index (χ1) is 12.2. The minimum Gasteiger partial charge on any atom is -0.293 e. The molecule has 1 aliphatic rings. The van der Waals surface area contributed by atoms with E-state index in [1.807, 2.05) is 18.5 Å². The van der Waals surface area contributed by atoms with Crippen LogP contribution >= 0.6 is 23.1 Å². The van der Waals surface area contributed by atoms with Crippen molar-refractivity contribution in [2.45, 2.75) is 31.6 Å². The Balaban J connectivity index is 1.50. The van der Waals surface area contributed by atoms with Crippen molar-refractivity contribution in [3.05, 3.63) is 58.4 Å². The van der Waals surface area contributed by atoms with Crippen LogP contribution in [0.4, 0.5) is 0 Å². The summed E-state index contributed by atoms with van der Waals surface area (Å²) in [5.74, 6) is 0. The van der Waals surface area contributed by atoms with Crippen LogP contribution in [0.3, 0.4) is 0 Å². The fraction of sp³-hybridized carbons (Fsp3) is 0.316. The zero-order chi connectivity index (χ0) is 17.2. The van der Waals surface area contributed by atoms with Crippen LogP contribution in [0.25, 0.3) is 10.6 Å². The summed E-state index contributed by atoms with van der Waals surface area (Å²) in [4.78, 5) is 17.7. The molecule has 0 N–H and O–H groups in total. The normalized spacial score (nSPS) is 14.5. The molecule has 25 heavy (non-hydrogen) atoms. The molecular weight excluding hydrogens is 348 g/mol. The molecule has 128 valence electrons. The monoisotopic (exact) mass is 368 g/mol. The maximum atomic E-state index is 4.78. The maximum Gasteiger partial charge on any atom is 0.187 e. The number of hydrogen-bond donors (Lipinski definition) is 0. The van der Waals surface area contributed by atoms with Crippen molar-refractivity contribution in [1.82, 2.24) is 19.9 Å². The molecular formula is C19H20N4S2. The highest BCUT2D eigenvalue weighted by molar-refractivity contribution is 7.98. The van der Waals surface area contributed by atoms with Crippen LogP contribution in [-0.2, 0) is 19.5 Å². The van der Waals surface area contributed by atoms with Crippen molar-refractivity contribution in [2.24, 2.45) is 0 Å². The molecule has 4 rings (SSSR count). The largest absolute Gasteiger partial charge is 0.293 e. The van der Waals surface area contributed by atoms with Crippen molar-refractivity contribution in [2.75, 3.05) is 12.8 Å². The average molecular weight is 369 g/mol. The summed E-state index contributed by atoms with van der Waals surface area (Å²) in [7, 11) is 0. The van der Waals surface area contributed by atoms with E-state index >= 15 is 0 Å². The van der Waals surface area contributed by atoms with Gasteiger partial charge in [-0.3, -0.25) is 4.90 Å². The lowest BCUT2D eigenvalue weighted by atomic mass is 10.1. The number of rotatable bonds is 4. The van der Waals surface area contributed by atoms with E-state index in [9.17, 15) is 0 Å². The summed E-state index contributed by atoms with van der Waals surface area (Å²) in [5.41, 5.74) is 4.81. The Morgan fingerprint density at radius 1 is 1.20 bits per heavy atom. The summed E-state index contributed by atoms with van der Waals surface area (Å²) in [5, 5.41) is 1.98. The van der Waals surface area contributed by atoms with Crippen LogP contribution in [0, 0.1) is 6.92 Å². The van der Waals surface area contributed by atoms with Crippen molar-refractivity contribution in [3.63, 3.8) is 0 Å². The number of aromatic nitrogens is 3. The molecule has 6 heteroatoms. The first kappa shape index (κ1) is 16.7. The minimum absolute atomic E-state index is 0.873. The van der Waals surface area contributed by atoms with Gasteiger partial charge in [-0.2, -0.15) is 0 Å². The SMILES string of the molecule is CSc1ncc2c(n1)CCN(Cc1sc(-c3ccccc3)nc1C)C2. The van der Waals surface area contributed by atoms with E-state index < -0.39 is 0 Å². The lowest BCUT2D eigenvalue weighted by Crippen LogP contribution is -2.30. The van der Waals surface area contributed by atoms with E-state index in [0.717, 1.165) is 41.9 Å². The molecule has 0 bridgehead atoms. The van der Waals surface area contributed by atoms with Gasteiger partial charge in [0.15, 0.2) is 5.16 Å². The molecule has 3 heterocycles. The highest BCUT2D eigenvalue weighted by Gasteiger charge is 2.20. The van der Waals surface area contributed by atoms with Gasteiger partial charge in [-0.25, -0.2) is 15.0 Å². The molecule has 0 spiro atoms. The lowest BCUT2D eigenvalue weighted by molar-refractivity contribution is 0.243. The molecule has 0 fully saturated rings. The molecule has 0 atom stereocenters. The Labute approximate surface area is 156 Å². The van der Waals surface area contributed by atoms with E-state index in [0.29, 0.717) is 0 Å². The molecule has 0 saturated carbocycles. The van der Waals surface area contributed by atoms with Gasteiger partial charge < -0.3 is 0 Å². The van der Waals surface area contributed by atoms with Gasteiger partial charge in [0, 0.05) is 48.3 Å². The van der Waals surface area contributed by atoms with E-state index in [4.69, 9.17) is 4.98 Å². The predicted molar refractivity (Wildman–Crippen MR) is 104 cm³/mol. The van der Waals surface area contributed by atoms with Gasteiger partial charge >= 0.3 is 0 Å². The third-order valence-electron chi connectivity index (χ3n) is 4.45. The van der Waals surface area contributed by atoms with Crippen molar-refractivity contribution in [3.8, 4) is 10.6 Å². The van der Waals surface area contributed by atoms with E-state index in [-0.39, 0.29) is 0 Å². The summed E-state index contributed by atoms with van der Waals surface area (Å²) in [6.45, 7) is 5.02. The molecule has 1 aromatic carbocycles. The Morgan fingerprint density at radius 2 is 2.04 bits per heavy atom. The predicted octanol–water partition coefficient (Wildman–Crippen LogP) is 4.19. The number of aryl methyl sites for hydroxylation is 1. The summed E-state index contributed by atoms with van der Waals surface area (Å²) in [6.07, 6.45) is 5.01. The summed E-state index contributed by atoms with van der Waals surface area (Å²) < 4.78 is 0. The molecule has 2 aromatic heterocycles. The molecule has 4 nitrogen and oxygen atoms in total.